The van der Waals surface area contributed by atoms with Gasteiger partial charge < -0.3 is 26.4 Å². The largest absolute Gasteiger partial charge is 0.417 e. The van der Waals surface area contributed by atoms with E-state index in [0.29, 0.717) is 24.2 Å². The molecule has 0 saturated carbocycles. The first kappa shape index (κ1) is 37.5. The predicted octanol–water partition coefficient (Wildman–Crippen LogP) is 5.42. The van der Waals surface area contributed by atoms with Crippen molar-refractivity contribution >= 4 is 47.3 Å². The van der Waals surface area contributed by atoms with Crippen LogP contribution in [0.5, 0.6) is 0 Å². The van der Waals surface area contributed by atoms with Crippen LogP contribution in [0.4, 0.5) is 30.5 Å². The van der Waals surface area contributed by atoms with Gasteiger partial charge in [0.1, 0.15) is 30.0 Å². The van der Waals surface area contributed by atoms with Crippen molar-refractivity contribution < 1.29 is 27.9 Å². The number of nitrogens with zero attached hydrogens (tertiary/aromatic N) is 3. The number of rotatable bonds is 6. The zero-order valence-electron chi connectivity index (χ0n) is 25.9. The highest BCUT2D eigenvalue weighted by Gasteiger charge is 2.33. The number of hydrogen-bond donors (Lipinski definition) is 5. The van der Waals surface area contributed by atoms with Crippen molar-refractivity contribution in [3.05, 3.63) is 75.6 Å². The fourth-order valence-corrected chi connectivity index (χ4v) is 4.33. The van der Waals surface area contributed by atoms with Crippen LogP contribution in [0, 0.1) is 24.2 Å². The van der Waals surface area contributed by atoms with Crippen LogP contribution in [-0.4, -0.2) is 70.7 Å². The number of nitrogens with one attached hydrogen (secondary N) is 3. The lowest BCUT2D eigenvalue weighted by atomic mass is 10.0. The van der Waals surface area contributed by atoms with Crippen LogP contribution in [0.25, 0.3) is 0 Å². The van der Waals surface area contributed by atoms with Crippen molar-refractivity contribution in [2.75, 3.05) is 36.5 Å². The third-order valence-electron chi connectivity index (χ3n) is 6.35. The molecule has 14 heteroatoms. The number of hydrogen-bond acceptors (Lipinski definition) is 9. The highest BCUT2D eigenvalue weighted by molar-refractivity contribution is 6.31. The standard InChI is InChI=1S/C21H25N7O.C8H4ClF3O.C3H8O/c1-14-5-7-16(24-2)10-15(14)6-8-18(22)19-20(23)25-12-26-21(19)27-17-4-3-9-28(11-17)13-29;9-7-2-1-5(4-13)3-6(7)8(10,11)12;1-3(2)4/h5,7,10,12-13,17,22,24H,3-4,9,11H2,1-2H3,(H3,23,25,26,27);1-4H;3-4H,1-2H3. The average molecular weight is 660 g/mol. The fraction of sp³-hybridized carbons (Fsp3) is 0.344. The second kappa shape index (κ2) is 17.7. The second-order valence-electron chi connectivity index (χ2n) is 10.4. The normalized spacial score (nSPS) is 14.0. The molecular formula is C32H37ClF3N7O3. The summed E-state index contributed by atoms with van der Waals surface area (Å²) in [5.41, 5.74) is 8.25. The van der Waals surface area contributed by atoms with E-state index in [4.69, 9.17) is 27.9 Å². The number of aldehydes is 1. The molecule has 0 spiro atoms. The maximum atomic E-state index is 12.2. The van der Waals surface area contributed by atoms with E-state index in [2.05, 4.69) is 32.4 Å². The van der Waals surface area contributed by atoms with Gasteiger partial charge in [0.2, 0.25) is 6.41 Å². The van der Waals surface area contributed by atoms with Crippen molar-refractivity contribution in [2.45, 2.75) is 51.9 Å². The number of benzene rings is 2. The zero-order valence-corrected chi connectivity index (χ0v) is 26.6. The van der Waals surface area contributed by atoms with E-state index < -0.39 is 16.8 Å². The van der Waals surface area contributed by atoms with E-state index in [1.54, 1.807) is 18.7 Å². The zero-order chi connectivity index (χ0) is 34.4. The summed E-state index contributed by atoms with van der Waals surface area (Å²) < 4.78 is 36.5. The highest BCUT2D eigenvalue weighted by Crippen LogP contribution is 2.34. The fourth-order valence-electron chi connectivity index (χ4n) is 4.11. The summed E-state index contributed by atoms with van der Waals surface area (Å²) in [5.74, 6) is 6.60. The van der Waals surface area contributed by atoms with E-state index in [1.807, 2.05) is 32.2 Å². The third-order valence-corrected chi connectivity index (χ3v) is 6.68. The molecule has 46 heavy (non-hydrogen) atoms. The molecule has 0 aliphatic carbocycles. The van der Waals surface area contributed by atoms with E-state index >= 15 is 0 Å². The molecule has 3 aromatic rings. The number of likely N-dealkylation sites (tertiary alicyclic amines) is 1. The molecule has 0 radical (unpaired) electrons. The second-order valence-corrected chi connectivity index (χ2v) is 10.8. The summed E-state index contributed by atoms with van der Waals surface area (Å²) in [6, 6.07) is 8.93. The number of nitrogen functional groups attached to an aromatic ring is 1. The monoisotopic (exact) mass is 659 g/mol. The lowest BCUT2D eigenvalue weighted by Crippen LogP contribution is -2.41. The van der Waals surface area contributed by atoms with Crippen molar-refractivity contribution in [2.24, 2.45) is 0 Å². The van der Waals surface area contributed by atoms with E-state index in [0.717, 1.165) is 54.7 Å². The average Bonchev–Trinajstić information content (AvgIpc) is 3.00. The molecule has 246 valence electrons. The number of aliphatic hydroxyl groups excluding tert-OH is 1. The van der Waals surface area contributed by atoms with Gasteiger partial charge in [0.05, 0.1) is 16.1 Å². The molecule has 1 aliphatic rings. The van der Waals surface area contributed by atoms with Crippen LogP contribution in [0.15, 0.2) is 42.7 Å². The molecule has 1 amide bonds. The molecule has 4 rings (SSSR count). The molecular weight excluding hydrogens is 623 g/mol. The minimum absolute atomic E-state index is 0.0392. The van der Waals surface area contributed by atoms with Crippen LogP contribution < -0.4 is 16.4 Å². The molecule has 1 atom stereocenters. The number of aromatic nitrogens is 2. The number of carbonyl (C=O) groups excluding carboxylic acids is 2. The van der Waals surface area contributed by atoms with Crippen molar-refractivity contribution in [3.8, 4) is 11.8 Å². The smallest absolute Gasteiger partial charge is 0.394 e. The quantitative estimate of drug-likeness (QED) is 0.133. The van der Waals surface area contributed by atoms with Crippen molar-refractivity contribution in [3.63, 3.8) is 0 Å². The van der Waals surface area contributed by atoms with Gasteiger partial charge >= 0.3 is 6.18 Å². The first-order valence-corrected chi connectivity index (χ1v) is 14.5. The van der Waals surface area contributed by atoms with Crippen molar-refractivity contribution in [1.82, 2.24) is 14.9 Å². The van der Waals surface area contributed by atoms with Gasteiger partial charge in [-0.15, -0.1) is 0 Å². The molecule has 0 bridgehead atoms. The number of amides is 1. The Bertz CT molecular complexity index is 1570. The minimum atomic E-state index is -4.52. The number of nitrogens with two attached hydrogens (primary N) is 1. The summed E-state index contributed by atoms with van der Waals surface area (Å²) in [6.45, 7) is 6.76. The van der Waals surface area contributed by atoms with Crippen molar-refractivity contribution in [1.29, 1.82) is 5.41 Å². The van der Waals surface area contributed by atoms with Crippen LogP contribution in [-0.2, 0) is 11.0 Å². The van der Waals surface area contributed by atoms with Gasteiger partial charge in [-0.1, -0.05) is 29.7 Å². The molecule has 1 unspecified atom stereocenters. The maximum absolute atomic E-state index is 12.2. The predicted molar refractivity (Wildman–Crippen MR) is 174 cm³/mol. The SMILES string of the molecule is CC(C)O.CNc1ccc(C)c(C#CC(=N)c2c(N)ncnc2NC2CCCN(C=O)C2)c1.O=Cc1ccc(Cl)c(C(F)(F)F)c1. The number of carbonyl (C=O) groups is 2. The Morgan fingerprint density at radius 3 is 2.52 bits per heavy atom. The van der Waals surface area contributed by atoms with Crippen LogP contribution >= 0.6 is 11.6 Å². The first-order chi connectivity index (χ1) is 21.7. The highest BCUT2D eigenvalue weighted by atomic mass is 35.5. The Labute approximate surface area is 271 Å². The summed E-state index contributed by atoms with van der Waals surface area (Å²) in [7, 11) is 1.85. The lowest BCUT2D eigenvalue weighted by molar-refractivity contribution is -0.137. The minimum Gasteiger partial charge on any atom is -0.394 e. The van der Waals surface area contributed by atoms with Gasteiger partial charge in [-0.2, -0.15) is 13.2 Å². The summed E-state index contributed by atoms with van der Waals surface area (Å²) in [5, 5.41) is 22.5. The van der Waals surface area contributed by atoms with Gasteiger partial charge in [0, 0.05) is 49.1 Å². The Morgan fingerprint density at radius 2 is 1.91 bits per heavy atom. The van der Waals surface area contributed by atoms with Gasteiger partial charge in [-0.25, -0.2) is 9.97 Å². The molecule has 2 heterocycles. The van der Waals surface area contributed by atoms with Gasteiger partial charge in [-0.05, 0) is 69.4 Å². The van der Waals surface area contributed by atoms with Gasteiger partial charge in [0.25, 0.3) is 0 Å². The number of aliphatic hydroxyl groups is 1. The van der Waals surface area contributed by atoms with Crippen LogP contribution in [0.3, 0.4) is 0 Å². The summed E-state index contributed by atoms with van der Waals surface area (Å²) >= 11 is 5.30. The topological polar surface area (TPSA) is 157 Å². The van der Waals surface area contributed by atoms with E-state index in [1.165, 1.54) is 12.4 Å². The summed E-state index contributed by atoms with van der Waals surface area (Å²) in [6.07, 6.45) is -0.310. The molecule has 10 nitrogen and oxygen atoms in total. The Kier molecular flexibility index (Phi) is 14.5. The third kappa shape index (κ3) is 11.7. The molecule has 1 aromatic heterocycles. The first-order valence-electron chi connectivity index (χ1n) is 14.2. The van der Waals surface area contributed by atoms with Gasteiger partial charge in [0.15, 0.2) is 0 Å². The molecule has 2 aromatic carbocycles. The summed E-state index contributed by atoms with van der Waals surface area (Å²) in [4.78, 5) is 31.3. The lowest BCUT2D eigenvalue weighted by Gasteiger charge is -2.31. The molecule has 1 fully saturated rings. The molecule has 6 N–H and O–H groups in total. The Morgan fingerprint density at radius 1 is 1.22 bits per heavy atom. The van der Waals surface area contributed by atoms with Gasteiger partial charge in [-0.3, -0.25) is 15.0 Å². The van der Waals surface area contributed by atoms with Crippen LogP contribution in [0.2, 0.25) is 5.02 Å². The number of anilines is 3. The number of alkyl halides is 3. The Balaban J connectivity index is 0.000000359. The molecule has 1 aliphatic heterocycles. The van der Waals surface area contributed by atoms with E-state index in [-0.39, 0.29) is 29.2 Å². The Hall–Kier alpha value is -4.67. The van der Waals surface area contributed by atoms with Crippen LogP contribution in [0.1, 0.15) is 59.3 Å². The molecule has 1 saturated heterocycles. The number of aryl methyl sites for hydroxylation is 1. The number of halogens is 4. The maximum Gasteiger partial charge on any atom is 0.417 e. The van der Waals surface area contributed by atoms with E-state index in [9.17, 15) is 22.8 Å². The number of piperidine rings is 1.